The highest BCUT2D eigenvalue weighted by atomic mass is 15.0. The van der Waals surface area contributed by atoms with E-state index in [9.17, 15) is 0 Å². The monoisotopic (exact) mass is 269 g/mol. The number of hydrogen-bond donors (Lipinski definition) is 1. The summed E-state index contributed by atoms with van der Waals surface area (Å²) in [7, 11) is 0. The van der Waals surface area contributed by atoms with Crippen LogP contribution in [0.4, 0.5) is 0 Å². The third-order valence-electron chi connectivity index (χ3n) is 4.03. The number of nitrogens with one attached hydrogen (secondary N) is 1. The molecule has 0 rings (SSSR count). The summed E-state index contributed by atoms with van der Waals surface area (Å²) in [5.41, 5.74) is 0.739. The van der Waals surface area contributed by atoms with Gasteiger partial charge in [-0.2, -0.15) is 0 Å². The Bertz CT molecular complexity index is 204. The van der Waals surface area contributed by atoms with Crippen LogP contribution in [0.25, 0.3) is 0 Å². The molecular weight excluding hydrogens is 230 g/mol. The lowest BCUT2D eigenvalue weighted by molar-refractivity contribution is 0.221. The van der Waals surface area contributed by atoms with E-state index in [4.69, 9.17) is 0 Å². The van der Waals surface area contributed by atoms with Crippen molar-refractivity contribution in [2.45, 2.75) is 105 Å². The lowest BCUT2D eigenvalue weighted by atomic mass is 9.80. The Morgan fingerprint density at radius 3 is 1.79 bits per heavy atom. The first-order chi connectivity index (χ1) is 8.83. The highest BCUT2D eigenvalue weighted by molar-refractivity contribution is 4.81. The van der Waals surface area contributed by atoms with E-state index in [0.29, 0.717) is 5.41 Å². The standard InChI is InChI=1S/C18H39N/c1-7-9-10-11-12-13-15-18(6,14-8-2)16-19-17(3,4)5/h19H,7-16H2,1-6H3. The van der Waals surface area contributed by atoms with Crippen LogP contribution in [-0.4, -0.2) is 12.1 Å². The van der Waals surface area contributed by atoms with E-state index in [0.717, 1.165) is 0 Å². The van der Waals surface area contributed by atoms with Gasteiger partial charge < -0.3 is 5.32 Å². The van der Waals surface area contributed by atoms with Crippen LogP contribution in [0.15, 0.2) is 0 Å². The minimum Gasteiger partial charge on any atom is -0.312 e. The van der Waals surface area contributed by atoms with Crippen molar-refractivity contribution in [1.29, 1.82) is 0 Å². The number of hydrogen-bond acceptors (Lipinski definition) is 1. The smallest absolute Gasteiger partial charge is 0.00967 e. The number of rotatable bonds is 11. The molecule has 0 aromatic rings. The van der Waals surface area contributed by atoms with Gasteiger partial charge in [-0.05, 0) is 39.0 Å². The van der Waals surface area contributed by atoms with Crippen LogP contribution in [0.3, 0.4) is 0 Å². The molecule has 0 saturated heterocycles. The molecule has 0 bridgehead atoms. The maximum absolute atomic E-state index is 3.71. The molecule has 1 unspecified atom stereocenters. The van der Waals surface area contributed by atoms with Crippen molar-refractivity contribution in [3.63, 3.8) is 0 Å². The average molecular weight is 270 g/mol. The second-order valence-corrected chi connectivity index (χ2v) is 7.68. The topological polar surface area (TPSA) is 12.0 Å². The SMILES string of the molecule is CCCCCCCCC(C)(CCC)CNC(C)(C)C. The quantitative estimate of drug-likeness (QED) is 0.458. The first-order valence-electron chi connectivity index (χ1n) is 8.58. The molecule has 0 amide bonds. The predicted octanol–water partition coefficient (Wildman–Crippen LogP) is 5.93. The van der Waals surface area contributed by atoms with Crippen molar-refractivity contribution >= 4 is 0 Å². The maximum atomic E-state index is 3.71. The van der Waals surface area contributed by atoms with Gasteiger partial charge in [-0.15, -0.1) is 0 Å². The van der Waals surface area contributed by atoms with Gasteiger partial charge in [0.1, 0.15) is 0 Å². The summed E-state index contributed by atoms with van der Waals surface area (Å²) >= 11 is 0. The van der Waals surface area contributed by atoms with Gasteiger partial charge in [-0.3, -0.25) is 0 Å². The molecular formula is C18H39N. The van der Waals surface area contributed by atoms with E-state index in [1.54, 1.807) is 0 Å². The highest BCUT2D eigenvalue weighted by Gasteiger charge is 2.24. The summed E-state index contributed by atoms with van der Waals surface area (Å²) in [5, 5.41) is 3.71. The van der Waals surface area contributed by atoms with Gasteiger partial charge in [0.2, 0.25) is 0 Å². The van der Waals surface area contributed by atoms with Crippen molar-refractivity contribution < 1.29 is 0 Å². The molecule has 1 N–H and O–H groups in total. The van der Waals surface area contributed by atoms with Gasteiger partial charge >= 0.3 is 0 Å². The molecule has 0 aromatic carbocycles. The van der Waals surface area contributed by atoms with Crippen LogP contribution in [0.5, 0.6) is 0 Å². The molecule has 0 aliphatic carbocycles. The maximum Gasteiger partial charge on any atom is 0.00967 e. The Kier molecular flexibility index (Phi) is 9.78. The molecule has 1 nitrogen and oxygen atoms in total. The number of unbranched alkanes of at least 4 members (excludes halogenated alkanes) is 5. The van der Waals surface area contributed by atoms with Gasteiger partial charge in [0.05, 0.1) is 0 Å². The summed E-state index contributed by atoms with van der Waals surface area (Å²) in [6, 6.07) is 0. The first-order valence-corrected chi connectivity index (χ1v) is 8.58. The van der Waals surface area contributed by atoms with Crippen LogP contribution in [0, 0.1) is 5.41 Å². The predicted molar refractivity (Wildman–Crippen MR) is 88.8 cm³/mol. The molecule has 0 heterocycles. The zero-order valence-corrected chi connectivity index (χ0v) is 14.6. The largest absolute Gasteiger partial charge is 0.312 e. The van der Waals surface area contributed by atoms with Crippen molar-refractivity contribution in [2.75, 3.05) is 6.54 Å². The highest BCUT2D eigenvalue weighted by Crippen LogP contribution is 2.30. The fraction of sp³-hybridized carbons (Fsp3) is 1.00. The molecule has 19 heavy (non-hydrogen) atoms. The third kappa shape index (κ3) is 11.5. The second-order valence-electron chi connectivity index (χ2n) is 7.68. The van der Waals surface area contributed by atoms with E-state index in [1.807, 2.05) is 0 Å². The van der Waals surface area contributed by atoms with Crippen LogP contribution in [0.1, 0.15) is 99.3 Å². The Labute approximate surface area is 122 Å². The molecule has 1 heteroatoms. The van der Waals surface area contributed by atoms with Gasteiger partial charge in [0.25, 0.3) is 0 Å². The van der Waals surface area contributed by atoms with Crippen molar-refractivity contribution in [3.05, 3.63) is 0 Å². The third-order valence-corrected chi connectivity index (χ3v) is 4.03. The Balaban J connectivity index is 3.94. The molecule has 0 aliphatic heterocycles. The zero-order chi connectivity index (χ0) is 14.8. The zero-order valence-electron chi connectivity index (χ0n) is 14.6. The van der Waals surface area contributed by atoms with Gasteiger partial charge in [0, 0.05) is 12.1 Å². The van der Waals surface area contributed by atoms with Crippen molar-refractivity contribution in [1.82, 2.24) is 5.32 Å². The molecule has 0 aliphatic rings. The summed E-state index contributed by atoms with van der Waals surface area (Å²) < 4.78 is 0. The van der Waals surface area contributed by atoms with Gasteiger partial charge in [-0.25, -0.2) is 0 Å². The second kappa shape index (κ2) is 9.80. The minimum atomic E-state index is 0.246. The minimum absolute atomic E-state index is 0.246. The summed E-state index contributed by atoms with van der Waals surface area (Å²) in [5.74, 6) is 0. The van der Waals surface area contributed by atoms with E-state index < -0.39 is 0 Å². The fourth-order valence-electron chi connectivity index (χ4n) is 2.72. The van der Waals surface area contributed by atoms with Crippen LogP contribution >= 0.6 is 0 Å². The van der Waals surface area contributed by atoms with Crippen LogP contribution in [0.2, 0.25) is 0 Å². The lowest BCUT2D eigenvalue weighted by Gasteiger charge is -2.34. The summed E-state index contributed by atoms with van der Waals surface area (Å²) in [6.07, 6.45) is 12.5. The Morgan fingerprint density at radius 2 is 1.26 bits per heavy atom. The molecule has 0 radical (unpaired) electrons. The first kappa shape index (κ1) is 19.0. The molecule has 116 valence electrons. The average Bonchev–Trinajstić information content (AvgIpc) is 2.31. The molecule has 0 fully saturated rings. The Morgan fingerprint density at radius 1 is 0.684 bits per heavy atom. The normalized spacial score (nSPS) is 15.5. The van der Waals surface area contributed by atoms with E-state index in [-0.39, 0.29) is 5.54 Å². The fourth-order valence-corrected chi connectivity index (χ4v) is 2.72. The van der Waals surface area contributed by atoms with Crippen LogP contribution in [-0.2, 0) is 0 Å². The summed E-state index contributed by atoms with van der Waals surface area (Å²) in [4.78, 5) is 0. The van der Waals surface area contributed by atoms with E-state index in [2.05, 4.69) is 46.9 Å². The van der Waals surface area contributed by atoms with Crippen LogP contribution < -0.4 is 5.32 Å². The van der Waals surface area contributed by atoms with E-state index >= 15 is 0 Å². The van der Waals surface area contributed by atoms with Crippen molar-refractivity contribution in [3.8, 4) is 0 Å². The molecule has 0 spiro atoms. The molecule has 0 aromatic heterocycles. The van der Waals surface area contributed by atoms with E-state index in [1.165, 1.54) is 64.3 Å². The molecule has 1 atom stereocenters. The lowest BCUT2D eigenvalue weighted by Crippen LogP contribution is -2.43. The van der Waals surface area contributed by atoms with Gasteiger partial charge in [-0.1, -0.05) is 65.7 Å². The molecule has 0 saturated carbocycles. The Hall–Kier alpha value is -0.0400. The van der Waals surface area contributed by atoms with Crippen molar-refractivity contribution in [2.24, 2.45) is 5.41 Å². The summed E-state index contributed by atoms with van der Waals surface area (Å²) in [6.45, 7) is 15.0. The van der Waals surface area contributed by atoms with Gasteiger partial charge in [0.15, 0.2) is 0 Å².